The highest BCUT2D eigenvalue weighted by atomic mass is 16.6. The van der Waals surface area contributed by atoms with Crippen LogP contribution in [0.4, 0.5) is 4.79 Å². The van der Waals surface area contributed by atoms with E-state index < -0.39 is 71.9 Å². The fourth-order valence-corrected chi connectivity index (χ4v) is 6.17. The van der Waals surface area contributed by atoms with Gasteiger partial charge < -0.3 is 41.4 Å². The number of alkyl carbamates (subject to hydrolysis) is 1. The number of amides is 5. The van der Waals surface area contributed by atoms with Gasteiger partial charge in [-0.05, 0) is 55.2 Å². The van der Waals surface area contributed by atoms with E-state index in [1.54, 1.807) is 51.2 Å². The molecule has 0 unspecified atom stereocenters. The van der Waals surface area contributed by atoms with Gasteiger partial charge in [0.05, 0.1) is 6.42 Å². The van der Waals surface area contributed by atoms with Crippen molar-refractivity contribution in [2.24, 2.45) is 5.73 Å². The summed E-state index contributed by atoms with van der Waals surface area (Å²) in [4.78, 5) is 83.8. The summed E-state index contributed by atoms with van der Waals surface area (Å²) in [6, 6.07) is 14.5. The number of carbonyl (C=O) groups is 6. The number of rotatable bonds is 16. The Balaban J connectivity index is 1.60. The molecule has 0 saturated carbocycles. The van der Waals surface area contributed by atoms with Gasteiger partial charge in [0.2, 0.25) is 23.6 Å². The van der Waals surface area contributed by atoms with Gasteiger partial charge in [-0.3, -0.25) is 24.0 Å². The molecule has 4 atom stereocenters. The van der Waals surface area contributed by atoms with Crippen molar-refractivity contribution in [2.45, 2.75) is 89.6 Å². The lowest BCUT2D eigenvalue weighted by Gasteiger charge is -2.32. The first-order chi connectivity index (χ1) is 25.1. The zero-order valence-corrected chi connectivity index (χ0v) is 30.6. The number of carboxylic acid groups (broad SMARTS) is 1. The number of hydrogen-bond donors (Lipinski definition) is 6. The molecule has 14 nitrogen and oxygen atoms in total. The molecule has 0 aliphatic rings. The van der Waals surface area contributed by atoms with Gasteiger partial charge in [-0.1, -0.05) is 80.4 Å². The fourth-order valence-electron chi connectivity index (χ4n) is 6.17. The molecule has 7 N–H and O–H groups in total. The third kappa shape index (κ3) is 10.6. The number of aliphatic carboxylic acids is 1. The minimum Gasteiger partial charge on any atom is -0.481 e. The lowest BCUT2D eigenvalue weighted by atomic mass is 9.97. The second kappa shape index (κ2) is 17.5. The van der Waals surface area contributed by atoms with Gasteiger partial charge in [-0.2, -0.15) is 0 Å². The van der Waals surface area contributed by atoms with Gasteiger partial charge in [0.25, 0.3) is 0 Å². The number of unbranched alkanes of at least 4 members (excludes halogenated alkanes) is 1. The number of primary amides is 1. The zero-order chi connectivity index (χ0) is 38.9. The highest BCUT2D eigenvalue weighted by molar-refractivity contribution is 5.98. The number of H-pyrrole nitrogens is 1. The number of aromatic nitrogens is 1. The Kier molecular flexibility index (Phi) is 13.2. The maximum atomic E-state index is 14.2. The Morgan fingerprint density at radius 3 is 2.19 bits per heavy atom. The molecule has 14 heteroatoms. The molecule has 0 aliphatic heterocycles. The van der Waals surface area contributed by atoms with Crippen molar-refractivity contribution in [1.82, 2.24) is 25.8 Å². The number of fused-ring (bicyclic) bond motifs is 2. The third-order valence-corrected chi connectivity index (χ3v) is 8.75. The second-order valence-corrected chi connectivity index (χ2v) is 13.9. The highest BCUT2D eigenvalue weighted by Gasteiger charge is 2.36. The molecule has 0 aliphatic carbocycles. The Morgan fingerprint density at radius 1 is 0.868 bits per heavy atom. The predicted octanol–water partition coefficient (Wildman–Crippen LogP) is 4.08. The first-order valence-electron chi connectivity index (χ1n) is 17.5. The molecule has 4 aromatic rings. The Bertz CT molecular complexity index is 1960. The number of ether oxygens (including phenoxy) is 1. The van der Waals surface area contributed by atoms with E-state index >= 15 is 0 Å². The first-order valence-corrected chi connectivity index (χ1v) is 17.5. The van der Waals surface area contributed by atoms with E-state index in [0.717, 1.165) is 21.9 Å². The van der Waals surface area contributed by atoms with Crippen molar-refractivity contribution in [3.8, 4) is 0 Å². The fraction of sp³-hybridized carbons (Fsp3) is 0.385. The van der Waals surface area contributed by atoms with Gasteiger partial charge in [0, 0.05) is 30.6 Å². The summed E-state index contributed by atoms with van der Waals surface area (Å²) in [5.41, 5.74) is 6.84. The van der Waals surface area contributed by atoms with Gasteiger partial charge in [-0.15, -0.1) is 0 Å². The number of carbonyl (C=O) groups excluding carboxylic acids is 5. The predicted molar refractivity (Wildman–Crippen MR) is 199 cm³/mol. The van der Waals surface area contributed by atoms with Crippen LogP contribution in [0.1, 0.15) is 70.5 Å². The first kappa shape index (κ1) is 39.9. The Morgan fingerprint density at radius 2 is 1.53 bits per heavy atom. The summed E-state index contributed by atoms with van der Waals surface area (Å²) < 4.78 is 5.46. The molecule has 1 aromatic heterocycles. The zero-order valence-electron chi connectivity index (χ0n) is 30.6. The van der Waals surface area contributed by atoms with Crippen molar-refractivity contribution >= 4 is 57.4 Å². The number of hydrogen-bond acceptors (Lipinski definition) is 7. The van der Waals surface area contributed by atoms with E-state index in [9.17, 15) is 33.9 Å². The van der Waals surface area contributed by atoms with Crippen molar-refractivity contribution < 1.29 is 38.6 Å². The van der Waals surface area contributed by atoms with Crippen molar-refractivity contribution in [1.29, 1.82) is 0 Å². The smallest absolute Gasteiger partial charge is 0.408 e. The average molecular weight is 729 g/mol. The largest absolute Gasteiger partial charge is 0.481 e. The number of nitrogens with one attached hydrogen (secondary N) is 4. The molecule has 0 spiro atoms. The van der Waals surface area contributed by atoms with E-state index in [0.29, 0.717) is 23.8 Å². The number of nitrogens with two attached hydrogens (primary N) is 1. The molecule has 0 saturated heterocycles. The summed E-state index contributed by atoms with van der Waals surface area (Å²) in [5, 5.41) is 19.7. The summed E-state index contributed by atoms with van der Waals surface area (Å²) in [6.07, 6.45) is 1.48. The summed E-state index contributed by atoms with van der Waals surface area (Å²) in [5.74, 6) is -4.63. The monoisotopic (exact) mass is 728 g/mol. The van der Waals surface area contributed by atoms with Crippen LogP contribution in [0.3, 0.4) is 0 Å². The number of para-hydroxylation sites is 1. The van der Waals surface area contributed by atoms with Crippen LogP contribution in [0, 0.1) is 0 Å². The quantitative estimate of drug-likeness (QED) is 0.0987. The SMILES string of the molecule is CCCC[C@@H](C(=O)N[C@@H](CC(=O)O)C(=O)N[C@H](C(N)=O)c1cccc2ccccc12)N(C)C(=O)[C@@H](Cc1c[nH]c2ccccc12)NC(=O)OC(C)(C)C. The van der Waals surface area contributed by atoms with Crippen LogP contribution in [-0.2, 0) is 35.1 Å². The van der Waals surface area contributed by atoms with Crippen LogP contribution >= 0.6 is 0 Å². The van der Waals surface area contributed by atoms with Crippen LogP contribution in [0.5, 0.6) is 0 Å². The molecular weight excluding hydrogens is 680 g/mol. The van der Waals surface area contributed by atoms with E-state index in [4.69, 9.17) is 10.5 Å². The number of nitrogens with zero attached hydrogens (tertiary/aromatic N) is 1. The van der Waals surface area contributed by atoms with Crippen LogP contribution in [-0.4, -0.2) is 81.5 Å². The lowest BCUT2D eigenvalue weighted by molar-refractivity contribution is -0.144. The van der Waals surface area contributed by atoms with Crippen LogP contribution in [0.15, 0.2) is 72.9 Å². The Hall–Kier alpha value is -5.92. The molecule has 53 heavy (non-hydrogen) atoms. The normalized spacial score (nSPS) is 13.7. The van der Waals surface area contributed by atoms with Crippen LogP contribution in [0.2, 0.25) is 0 Å². The third-order valence-electron chi connectivity index (χ3n) is 8.75. The van der Waals surface area contributed by atoms with Crippen molar-refractivity contribution in [2.75, 3.05) is 7.05 Å². The van der Waals surface area contributed by atoms with Crippen LogP contribution < -0.4 is 21.7 Å². The van der Waals surface area contributed by atoms with Crippen molar-refractivity contribution in [3.63, 3.8) is 0 Å². The number of aromatic amines is 1. The molecule has 0 bridgehead atoms. The number of likely N-dealkylation sites (N-methyl/N-ethyl adjacent to an activating group) is 1. The lowest BCUT2D eigenvalue weighted by Crippen LogP contribution is -2.58. The number of carboxylic acids is 1. The standard InChI is InChI=1S/C39H48N6O8/c1-6-7-19-31(45(5)37(51)30(43-38(52)53-39(2,3)4)20-24-22-41-28-18-11-10-16-26(24)28)36(50)42-29(21-32(46)47)35(49)44-33(34(40)48)27-17-12-14-23-13-8-9-15-25(23)27/h8-18,22,29-31,33,41H,6-7,19-21H2,1-5H3,(H2,40,48)(H,42,50)(H,43,52)(H,44,49)(H,46,47)/t29-,30+,31-,33-/m0/s1. The number of benzene rings is 3. The van der Waals surface area contributed by atoms with Crippen LogP contribution in [0.25, 0.3) is 21.7 Å². The molecule has 0 fully saturated rings. The van der Waals surface area contributed by atoms with Crippen molar-refractivity contribution in [3.05, 3.63) is 84.1 Å². The second-order valence-electron chi connectivity index (χ2n) is 13.9. The topological polar surface area (TPSA) is 213 Å². The summed E-state index contributed by atoms with van der Waals surface area (Å²) in [7, 11) is 1.41. The molecule has 5 amide bonds. The average Bonchev–Trinajstić information content (AvgIpc) is 3.50. The van der Waals surface area contributed by atoms with Gasteiger partial charge in [-0.25, -0.2) is 4.79 Å². The Labute approximate surface area is 307 Å². The van der Waals surface area contributed by atoms with E-state index in [-0.39, 0.29) is 12.8 Å². The maximum absolute atomic E-state index is 14.2. The van der Waals surface area contributed by atoms with E-state index in [1.165, 1.54) is 11.9 Å². The minimum absolute atomic E-state index is 0.0568. The summed E-state index contributed by atoms with van der Waals surface area (Å²) >= 11 is 0. The van der Waals surface area contributed by atoms with Gasteiger partial charge in [0.15, 0.2) is 0 Å². The summed E-state index contributed by atoms with van der Waals surface area (Å²) in [6.45, 7) is 6.98. The highest BCUT2D eigenvalue weighted by Crippen LogP contribution is 2.25. The molecule has 1 heterocycles. The van der Waals surface area contributed by atoms with Gasteiger partial charge >= 0.3 is 12.1 Å². The molecule has 282 valence electrons. The van der Waals surface area contributed by atoms with E-state index in [1.807, 2.05) is 49.4 Å². The van der Waals surface area contributed by atoms with Gasteiger partial charge in [0.1, 0.15) is 29.8 Å². The molecule has 4 rings (SSSR count). The molecule has 3 aromatic carbocycles. The minimum atomic E-state index is -1.63. The van der Waals surface area contributed by atoms with E-state index in [2.05, 4.69) is 20.9 Å². The molecular formula is C39H48N6O8. The molecule has 0 radical (unpaired) electrons. The maximum Gasteiger partial charge on any atom is 0.408 e.